The van der Waals surface area contributed by atoms with Crippen LogP contribution in [0.4, 0.5) is 0 Å². The van der Waals surface area contributed by atoms with Crippen molar-refractivity contribution >= 4 is 28.8 Å². The van der Waals surface area contributed by atoms with Gasteiger partial charge in [-0.1, -0.05) is 41.6 Å². The quantitative estimate of drug-likeness (QED) is 0.592. The Morgan fingerprint density at radius 2 is 1.81 bits per heavy atom. The summed E-state index contributed by atoms with van der Waals surface area (Å²) < 4.78 is 5.60. The first-order chi connectivity index (χ1) is 15.3. The number of carbonyl (C=O) groups is 2. The fourth-order valence-corrected chi connectivity index (χ4v) is 5.35. The van der Waals surface area contributed by atoms with Crippen LogP contribution in [0, 0.1) is 6.92 Å². The van der Waals surface area contributed by atoms with Gasteiger partial charge in [0.1, 0.15) is 0 Å². The Hall–Kier alpha value is -2.54. The maximum Gasteiger partial charge on any atom is 0.338 e. The Morgan fingerprint density at radius 3 is 2.47 bits per heavy atom. The molecule has 1 aromatic rings. The number of amides is 1. The molecule has 7 heteroatoms. The number of hydrogen-bond donors (Lipinski definition) is 0. The number of thioether (sulfide) groups is 1. The molecule has 3 aliphatic rings. The van der Waals surface area contributed by atoms with Crippen LogP contribution in [0.5, 0.6) is 0 Å². The van der Waals surface area contributed by atoms with E-state index in [0.717, 1.165) is 47.9 Å². The third-order valence-corrected chi connectivity index (χ3v) is 6.89. The van der Waals surface area contributed by atoms with Gasteiger partial charge in [-0.2, -0.15) is 0 Å². The molecule has 0 N–H and O–H groups in total. The number of hydrogen-bond acceptors (Lipinski definition) is 6. The highest BCUT2D eigenvalue weighted by atomic mass is 32.2. The number of esters is 1. The number of likely N-dealkylation sites (tertiary alicyclic amines) is 1. The lowest BCUT2D eigenvalue weighted by Crippen LogP contribution is -2.40. The lowest BCUT2D eigenvalue weighted by Gasteiger charge is -2.37. The number of allylic oxidation sites excluding steroid dienone is 1. The fourth-order valence-electron chi connectivity index (χ4n) is 4.38. The Labute approximate surface area is 194 Å². The van der Waals surface area contributed by atoms with Crippen LogP contribution in [0.25, 0.3) is 0 Å². The van der Waals surface area contributed by atoms with E-state index in [4.69, 9.17) is 9.73 Å². The van der Waals surface area contributed by atoms with Crippen molar-refractivity contribution in [2.75, 3.05) is 13.1 Å². The highest BCUT2D eigenvalue weighted by Crippen LogP contribution is 2.45. The van der Waals surface area contributed by atoms with Crippen molar-refractivity contribution in [2.45, 2.75) is 65.5 Å². The molecular weight excluding hydrogens is 422 g/mol. The zero-order chi connectivity index (χ0) is 22.8. The molecule has 0 aliphatic carbocycles. The average molecular weight is 454 g/mol. The number of nitrogens with zero attached hydrogens (tertiary/aromatic N) is 3. The van der Waals surface area contributed by atoms with E-state index in [0.29, 0.717) is 17.7 Å². The first-order valence-electron chi connectivity index (χ1n) is 11.3. The number of fused-ring (bicyclic) bond motifs is 1. The predicted molar refractivity (Wildman–Crippen MR) is 128 cm³/mol. The second-order valence-electron chi connectivity index (χ2n) is 8.88. The summed E-state index contributed by atoms with van der Waals surface area (Å²) in [5.41, 5.74) is 4.22. The normalized spacial score (nSPS) is 20.8. The van der Waals surface area contributed by atoms with Crippen molar-refractivity contribution < 1.29 is 14.3 Å². The van der Waals surface area contributed by atoms with E-state index < -0.39 is 0 Å². The van der Waals surface area contributed by atoms with Gasteiger partial charge in [-0.25, -0.2) is 9.79 Å². The largest absolute Gasteiger partial charge is 0.459 e. The molecule has 3 aliphatic heterocycles. The second-order valence-corrected chi connectivity index (χ2v) is 9.71. The van der Waals surface area contributed by atoms with Gasteiger partial charge in [0.05, 0.1) is 29.8 Å². The molecule has 0 aromatic heterocycles. The number of benzene rings is 1. The van der Waals surface area contributed by atoms with E-state index in [1.165, 1.54) is 18.2 Å². The van der Waals surface area contributed by atoms with Crippen molar-refractivity contribution in [3.63, 3.8) is 0 Å². The van der Waals surface area contributed by atoms with Crippen LogP contribution >= 0.6 is 11.8 Å². The molecule has 1 saturated heterocycles. The van der Waals surface area contributed by atoms with Crippen LogP contribution in [0.1, 0.15) is 63.6 Å². The third-order valence-electron chi connectivity index (χ3n) is 6.00. The van der Waals surface area contributed by atoms with E-state index >= 15 is 0 Å². The van der Waals surface area contributed by atoms with E-state index in [2.05, 4.69) is 4.90 Å². The van der Waals surface area contributed by atoms with Gasteiger partial charge in [-0.15, -0.1) is 0 Å². The van der Waals surface area contributed by atoms with Gasteiger partial charge in [-0.3, -0.25) is 4.79 Å². The summed E-state index contributed by atoms with van der Waals surface area (Å²) in [5, 5.41) is 2.81. The highest BCUT2D eigenvalue weighted by molar-refractivity contribution is 8.16. The van der Waals surface area contributed by atoms with Crippen molar-refractivity contribution in [1.29, 1.82) is 0 Å². The summed E-state index contributed by atoms with van der Waals surface area (Å²) in [4.78, 5) is 34.9. The summed E-state index contributed by atoms with van der Waals surface area (Å²) in [6.07, 6.45) is 3.39. The van der Waals surface area contributed by atoms with Crippen LogP contribution in [-0.2, 0) is 14.3 Å². The standard InChI is InChI=1S/C25H31N3O3S/c1-16(2)31-24(30)22-18(4)26-25-28(23(22)19-10-8-17(3)9-11-19)20(15-32-25)14-21(29)27-12-6-5-7-13-27/h8-11,15-16,23H,5-7,12-14H2,1-4H3/t23-/m1/s1. The molecule has 0 unspecified atom stereocenters. The second kappa shape index (κ2) is 9.53. The summed E-state index contributed by atoms with van der Waals surface area (Å²) in [7, 11) is 0. The van der Waals surface area contributed by atoms with E-state index in [1.54, 1.807) is 0 Å². The summed E-state index contributed by atoms with van der Waals surface area (Å²) in [6.45, 7) is 9.25. The van der Waals surface area contributed by atoms with Gasteiger partial charge in [-0.05, 0) is 57.9 Å². The van der Waals surface area contributed by atoms with E-state index in [1.807, 2.05) is 62.3 Å². The average Bonchev–Trinajstić information content (AvgIpc) is 3.15. The minimum Gasteiger partial charge on any atom is -0.459 e. The molecule has 1 amide bonds. The minimum absolute atomic E-state index is 0.137. The third kappa shape index (κ3) is 4.63. The monoisotopic (exact) mass is 453 g/mol. The zero-order valence-electron chi connectivity index (χ0n) is 19.3. The van der Waals surface area contributed by atoms with Crippen LogP contribution in [0.15, 0.2) is 51.6 Å². The SMILES string of the molecule is CC1=C(C(=O)OC(C)C)[C@@H](c2ccc(C)cc2)N2C(CC(=O)N3CCCCC3)=CSC2=N1. The molecule has 32 heavy (non-hydrogen) atoms. The summed E-state index contributed by atoms with van der Waals surface area (Å²) in [5.74, 6) is -0.220. The highest BCUT2D eigenvalue weighted by Gasteiger charge is 2.41. The molecule has 170 valence electrons. The van der Waals surface area contributed by atoms with Crippen molar-refractivity contribution in [1.82, 2.24) is 9.80 Å². The molecule has 0 radical (unpaired) electrons. The first-order valence-corrected chi connectivity index (χ1v) is 12.2. The smallest absolute Gasteiger partial charge is 0.338 e. The molecule has 1 atom stereocenters. The Balaban J connectivity index is 1.69. The van der Waals surface area contributed by atoms with Crippen LogP contribution in [0.2, 0.25) is 0 Å². The van der Waals surface area contributed by atoms with Gasteiger partial charge < -0.3 is 14.5 Å². The number of carbonyl (C=O) groups excluding carboxylic acids is 2. The minimum atomic E-state index is -0.371. The maximum atomic E-state index is 13.2. The Kier molecular flexibility index (Phi) is 6.74. The molecular formula is C25H31N3O3S. The number of rotatable bonds is 5. The Morgan fingerprint density at radius 1 is 1.12 bits per heavy atom. The molecule has 4 rings (SSSR count). The number of piperidine rings is 1. The summed E-state index contributed by atoms with van der Waals surface area (Å²) in [6, 6.07) is 7.82. The molecule has 0 bridgehead atoms. The molecule has 0 saturated carbocycles. The fraction of sp³-hybridized carbons (Fsp3) is 0.480. The Bertz CT molecular complexity index is 988. The van der Waals surface area contributed by atoms with Gasteiger partial charge in [0.25, 0.3) is 0 Å². The van der Waals surface area contributed by atoms with Crippen molar-refractivity contribution in [3.05, 3.63) is 57.8 Å². The van der Waals surface area contributed by atoms with E-state index in [-0.39, 0.29) is 24.0 Å². The van der Waals surface area contributed by atoms with E-state index in [9.17, 15) is 9.59 Å². The molecule has 6 nitrogen and oxygen atoms in total. The molecule has 3 heterocycles. The van der Waals surface area contributed by atoms with Crippen LogP contribution in [0.3, 0.4) is 0 Å². The van der Waals surface area contributed by atoms with Crippen molar-refractivity contribution in [2.24, 2.45) is 4.99 Å². The number of aryl methyl sites for hydroxylation is 1. The molecule has 1 aromatic carbocycles. The van der Waals surface area contributed by atoms with Gasteiger partial charge in [0.15, 0.2) is 5.17 Å². The van der Waals surface area contributed by atoms with Gasteiger partial charge in [0, 0.05) is 18.8 Å². The lowest BCUT2D eigenvalue weighted by atomic mass is 9.93. The van der Waals surface area contributed by atoms with Gasteiger partial charge in [0.2, 0.25) is 5.91 Å². The zero-order valence-corrected chi connectivity index (χ0v) is 20.1. The van der Waals surface area contributed by atoms with Crippen LogP contribution in [-0.4, -0.2) is 46.0 Å². The predicted octanol–water partition coefficient (Wildman–Crippen LogP) is 4.92. The topological polar surface area (TPSA) is 62.2 Å². The number of ether oxygens (including phenoxy) is 1. The first kappa shape index (κ1) is 22.6. The van der Waals surface area contributed by atoms with Gasteiger partial charge >= 0.3 is 5.97 Å². The maximum absolute atomic E-state index is 13.2. The number of amidine groups is 1. The van der Waals surface area contributed by atoms with Crippen LogP contribution < -0.4 is 0 Å². The summed E-state index contributed by atoms with van der Waals surface area (Å²) >= 11 is 1.51. The molecule has 0 spiro atoms. The lowest BCUT2D eigenvalue weighted by molar-refractivity contribution is -0.143. The van der Waals surface area contributed by atoms with Crippen molar-refractivity contribution in [3.8, 4) is 0 Å². The number of aliphatic imine (C=N–C) groups is 1. The molecule has 1 fully saturated rings.